The van der Waals surface area contributed by atoms with Gasteiger partial charge in [-0.05, 0) is 30.9 Å². The van der Waals surface area contributed by atoms with Crippen LogP contribution in [0.15, 0.2) is 17.0 Å². The molecular formula is C19H26F3N3O3S. The highest BCUT2D eigenvalue weighted by atomic mass is 32.2. The number of hydrogen-bond donors (Lipinski definition) is 0. The van der Waals surface area contributed by atoms with Gasteiger partial charge < -0.3 is 4.74 Å². The van der Waals surface area contributed by atoms with Crippen molar-refractivity contribution < 1.29 is 26.3 Å². The number of aryl methyl sites for hydroxylation is 1. The zero-order valence-corrected chi connectivity index (χ0v) is 17.6. The van der Waals surface area contributed by atoms with Gasteiger partial charge in [-0.2, -0.15) is 17.5 Å². The first kappa shape index (κ1) is 21.0. The van der Waals surface area contributed by atoms with Crippen LogP contribution >= 0.6 is 0 Å². The average molecular weight is 433 g/mol. The van der Waals surface area contributed by atoms with Crippen molar-refractivity contribution in [3.8, 4) is 0 Å². The summed E-state index contributed by atoms with van der Waals surface area (Å²) in [6.45, 7) is 9.67. The lowest BCUT2D eigenvalue weighted by atomic mass is 9.71. The lowest BCUT2D eigenvalue weighted by Crippen LogP contribution is -2.75. The van der Waals surface area contributed by atoms with E-state index in [2.05, 4.69) is 23.7 Å². The van der Waals surface area contributed by atoms with Gasteiger partial charge in [-0.15, -0.1) is 0 Å². The van der Waals surface area contributed by atoms with Crippen LogP contribution in [0.1, 0.15) is 25.2 Å². The standard InChI is InChI=1S/C19H26F3N3O3S/c1-12-6-28-7-13(2)17(12)24-8-18(9-24)10-25(11-18)29(26,27)15-4-5-16(19(20,21)22)23-14(15)3/h4-5,12-13,17H,6-11H2,1-3H3/t12-,13+,17?. The van der Waals surface area contributed by atoms with Crippen molar-refractivity contribution in [3.05, 3.63) is 23.5 Å². The summed E-state index contributed by atoms with van der Waals surface area (Å²) in [5, 5.41) is 0. The largest absolute Gasteiger partial charge is 0.433 e. The molecule has 0 aliphatic carbocycles. The molecule has 0 radical (unpaired) electrons. The minimum absolute atomic E-state index is 0.0436. The van der Waals surface area contributed by atoms with Gasteiger partial charge in [-0.3, -0.25) is 4.90 Å². The van der Waals surface area contributed by atoms with E-state index in [0.717, 1.165) is 38.4 Å². The van der Waals surface area contributed by atoms with Crippen LogP contribution in [0.25, 0.3) is 0 Å². The number of rotatable bonds is 3. The summed E-state index contributed by atoms with van der Waals surface area (Å²) >= 11 is 0. The second-order valence-corrected chi connectivity index (χ2v) is 10.8. The van der Waals surface area contributed by atoms with E-state index >= 15 is 0 Å². The Balaban J connectivity index is 1.41. The minimum atomic E-state index is -4.60. The van der Waals surface area contributed by atoms with Crippen LogP contribution in [0, 0.1) is 24.2 Å². The zero-order valence-electron chi connectivity index (χ0n) is 16.7. The molecule has 4 rings (SSSR count). The van der Waals surface area contributed by atoms with Gasteiger partial charge in [0.25, 0.3) is 0 Å². The molecule has 29 heavy (non-hydrogen) atoms. The molecule has 0 N–H and O–H groups in total. The van der Waals surface area contributed by atoms with E-state index < -0.39 is 21.9 Å². The molecule has 6 nitrogen and oxygen atoms in total. The lowest BCUT2D eigenvalue weighted by molar-refractivity contribution is -0.144. The predicted molar refractivity (Wildman–Crippen MR) is 99.7 cm³/mol. The van der Waals surface area contributed by atoms with Crippen molar-refractivity contribution >= 4 is 10.0 Å². The molecule has 0 bridgehead atoms. The second-order valence-electron chi connectivity index (χ2n) is 8.94. The summed E-state index contributed by atoms with van der Waals surface area (Å²) in [6.07, 6.45) is -4.60. The maximum absolute atomic E-state index is 12.9. The topological polar surface area (TPSA) is 62.7 Å². The van der Waals surface area contributed by atoms with Crippen LogP contribution in [-0.2, 0) is 20.9 Å². The van der Waals surface area contributed by atoms with Crippen molar-refractivity contribution in [2.24, 2.45) is 17.3 Å². The summed E-state index contributed by atoms with van der Waals surface area (Å²) in [4.78, 5) is 5.73. The van der Waals surface area contributed by atoms with E-state index in [9.17, 15) is 21.6 Å². The SMILES string of the molecule is Cc1nc(C(F)(F)F)ccc1S(=O)(=O)N1CC2(CN(C3[C@H](C)COC[C@@H]3C)C2)C1. The Labute approximate surface area is 169 Å². The molecule has 0 aromatic carbocycles. The summed E-state index contributed by atoms with van der Waals surface area (Å²) in [7, 11) is -3.84. The second kappa shape index (κ2) is 6.90. The number of likely N-dealkylation sites (tertiary alicyclic amines) is 1. The van der Waals surface area contributed by atoms with E-state index in [4.69, 9.17) is 4.74 Å². The molecule has 0 amide bonds. The molecule has 162 valence electrons. The molecule has 1 aromatic rings. The van der Waals surface area contributed by atoms with Crippen molar-refractivity contribution in [2.75, 3.05) is 39.4 Å². The maximum Gasteiger partial charge on any atom is 0.433 e. The third-order valence-corrected chi connectivity index (χ3v) is 8.32. The fourth-order valence-electron chi connectivity index (χ4n) is 5.13. The van der Waals surface area contributed by atoms with Gasteiger partial charge in [0.2, 0.25) is 10.0 Å². The van der Waals surface area contributed by atoms with E-state index in [1.807, 2.05) is 0 Å². The first-order valence-electron chi connectivity index (χ1n) is 9.80. The Morgan fingerprint density at radius 2 is 1.69 bits per heavy atom. The Bertz CT molecular complexity index is 882. The van der Waals surface area contributed by atoms with E-state index in [1.165, 1.54) is 11.2 Å². The monoisotopic (exact) mass is 433 g/mol. The summed E-state index contributed by atoms with van der Waals surface area (Å²) in [6, 6.07) is 2.19. The number of alkyl halides is 3. The van der Waals surface area contributed by atoms with Gasteiger partial charge in [0.05, 0.1) is 18.9 Å². The van der Waals surface area contributed by atoms with Crippen molar-refractivity contribution in [2.45, 2.75) is 37.9 Å². The van der Waals surface area contributed by atoms with Gasteiger partial charge in [0, 0.05) is 37.6 Å². The molecule has 1 unspecified atom stereocenters. The molecule has 4 heterocycles. The zero-order chi connectivity index (χ0) is 21.2. The van der Waals surface area contributed by atoms with Crippen LogP contribution in [0.5, 0.6) is 0 Å². The summed E-state index contributed by atoms with van der Waals surface area (Å²) in [5.74, 6) is 0.883. The Morgan fingerprint density at radius 3 is 2.21 bits per heavy atom. The van der Waals surface area contributed by atoms with Crippen molar-refractivity contribution in [1.29, 1.82) is 0 Å². The van der Waals surface area contributed by atoms with E-state index in [-0.39, 0.29) is 16.0 Å². The molecule has 1 spiro atoms. The number of ether oxygens (including phenoxy) is 1. The number of pyridine rings is 1. The quantitative estimate of drug-likeness (QED) is 0.733. The molecule has 3 fully saturated rings. The average Bonchev–Trinajstić information content (AvgIpc) is 2.53. The maximum atomic E-state index is 12.9. The lowest BCUT2D eigenvalue weighted by Gasteiger charge is -2.63. The van der Waals surface area contributed by atoms with E-state index in [0.29, 0.717) is 31.0 Å². The third kappa shape index (κ3) is 3.58. The Hall–Kier alpha value is -1.23. The highest BCUT2D eigenvalue weighted by Gasteiger charge is 2.57. The van der Waals surface area contributed by atoms with Crippen molar-refractivity contribution in [1.82, 2.24) is 14.2 Å². The summed E-state index contributed by atoms with van der Waals surface area (Å²) < 4.78 is 71.1. The summed E-state index contributed by atoms with van der Waals surface area (Å²) in [5.41, 5.74) is -1.25. The number of nitrogens with zero attached hydrogens (tertiary/aromatic N) is 3. The molecule has 3 atom stereocenters. The highest BCUT2D eigenvalue weighted by molar-refractivity contribution is 7.89. The normalized spacial score (nSPS) is 30.8. The Morgan fingerprint density at radius 1 is 1.10 bits per heavy atom. The number of aromatic nitrogens is 1. The van der Waals surface area contributed by atoms with Crippen LogP contribution in [0.3, 0.4) is 0 Å². The molecule has 0 saturated carbocycles. The van der Waals surface area contributed by atoms with Crippen LogP contribution in [0.2, 0.25) is 0 Å². The van der Waals surface area contributed by atoms with Gasteiger partial charge in [-0.25, -0.2) is 13.4 Å². The van der Waals surface area contributed by atoms with Gasteiger partial charge in [0.1, 0.15) is 10.6 Å². The Kier molecular flexibility index (Phi) is 5.00. The molecule has 10 heteroatoms. The molecule has 3 saturated heterocycles. The molecule has 1 aromatic heterocycles. The predicted octanol–water partition coefficient (Wildman–Crippen LogP) is 2.39. The first-order valence-corrected chi connectivity index (χ1v) is 11.2. The molecular weight excluding hydrogens is 407 g/mol. The van der Waals surface area contributed by atoms with Crippen LogP contribution in [0.4, 0.5) is 13.2 Å². The number of sulfonamides is 1. The van der Waals surface area contributed by atoms with Gasteiger partial charge >= 0.3 is 6.18 Å². The first-order chi connectivity index (χ1) is 13.4. The fourth-order valence-corrected chi connectivity index (χ4v) is 6.96. The number of halogens is 3. The third-order valence-electron chi connectivity index (χ3n) is 6.40. The molecule has 3 aliphatic rings. The highest BCUT2D eigenvalue weighted by Crippen LogP contribution is 2.45. The van der Waals surface area contributed by atoms with Crippen molar-refractivity contribution in [3.63, 3.8) is 0 Å². The van der Waals surface area contributed by atoms with E-state index in [1.54, 1.807) is 0 Å². The van der Waals surface area contributed by atoms with Gasteiger partial charge in [-0.1, -0.05) is 13.8 Å². The molecule has 3 aliphatic heterocycles. The van der Waals surface area contributed by atoms with Crippen LogP contribution in [-0.4, -0.2) is 68.0 Å². The fraction of sp³-hybridized carbons (Fsp3) is 0.737. The smallest absolute Gasteiger partial charge is 0.381 e. The van der Waals surface area contributed by atoms with Gasteiger partial charge in [0.15, 0.2) is 0 Å². The minimum Gasteiger partial charge on any atom is -0.381 e. The van der Waals surface area contributed by atoms with Crippen LogP contribution < -0.4 is 0 Å². The number of hydrogen-bond acceptors (Lipinski definition) is 5.